The van der Waals surface area contributed by atoms with Gasteiger partial charge in [0.2, 0.25) is 0 Å². The van der Waals surface area contributed by atoms with Crippen LogP contribution in [0.5, 0.6) is 0 Å². The molecule has 1 aromatic carbocycles. The monoisotopic (exact) mass is 284 g/mol. The molecule has 0 saturated carbocycles. The minimum atomic E-state index is -0.612. The van der Waals surface area contributed by atoms with Gasteiger partial charge in [0.15, 0.2) is 0 Å². The average molecular weight is 285 g/mol. The van der Waals surface area contributed by atoms with E-state index in [1.54, 1.807) is 0 Å². The third-order valence-electron chi connectivity index (χ3n) is 2.92. The zero-order chi connectivity index (χ0) is 13.8. The van der Waals surface area contributed by atoms with E-state index in [0.717, 1.165) is 12.8 Å². The Bertz CT molecular complexity index is 501. The quantitative estimate of drug-likeness (QED) is 0.678. The van der Waals surface area contributed by atoms with Gasteiger partial charge in [-0.3, -0.25) is 14.9 Å². The number of nitro benzene ring substituents is 1. The maximum absolute atomic E-state index is 11.9. The Morgan fingerprint density at radius 2 is 2.37 bits per heavy atom. The summed E-state index contributed by atoms with van der Waals surface area (Å²) in [6.07, 6.45) is 1.94. The van der Waals surface area contributed by atoms with Crippen molar-refractivity contribution in [1.29, 1.82) is 0 Å². The zero-order valence-corrected chi connectivity index (χ0v) is 10.9. The third-order valence-corrected chi connectivity index (χ3v) is 3.24. The maximum Gasteiger partial charge on any atom is 0.288 e. The van der Waals surface area contributed by atoms with Crippen molar-refractivity contribution in [3.8, 4) is 0 Å². The molecule has 102 valence electrons. The summed E-state index contributed by atoms with van der Waals surface area (Å²) in [5, 5.41) is 13.4. The largest absolute Gasteiger partial charge is 0.376 e. The highest BCUT2D eigenvalue weighted by Gasteiger charge is 2.19. The number of hydrogen-bond donors (Lipinski definition) is 1. The topological polar surface area (TPSA) is 81.5 Å². The van der Waals surface area contributed by atoms with Gasteiger partial charge in [-0.1, -0.05) is 11.6 Å². The summed E-state index contributed by atoms with van der Waals surface area (Å²) in [5.41, 5.74) is -0.0551. The number of amides is 1. The predicted molar refractivity (Wildman–Crippen MR) is 69.4 cm³/mol. The first kappa shape index (κ1) is 13.8. The van der Waals surface area contributed by atoms with Crippen LogP contribution in [0.25, 0.3) is 0 Å². The molecule has 7 heteroatoms. The van der Waals surface area contributed by atoms with E-state index < -0.39 is 4.92 Å². The maximum atomic E-state index is 11.9. The van der Waals surface area contributed by atoms with Gasteiger partial charge in [0, 0.05) is 24.8 Å². The average Bonchev–Trinajstić information content (AvgIpc) is 2.89. The molecule has 0 unspecified atom stereocenters. The van der Waals surface area contributed by atoms with Crippen LogP contribution in [0, 0.1) is 10.1 Å². The lowest BCUT2D eigenvalue weighted by atomic mass is 10.2. The Kier molecular flexibility index (Phi) is 4.34. The van der Waals surface area contributed by atoms with Crippen LogP contribution in [0.1, 0.15) is 23.2 Å². The second kappa shape index (κ2) is 5.99. The fourth-order valence-corrected chi connectivity index (χ4v) is 2.09. The fourth-order valence-electron chi connectivity index (χ4n) is 1.91. The van der Waals surface area contributed by atoms with Crippen LogP contribution in [-0.2, 0) is 4.74 Å². The molecule has 1 aliphatic heterocycles. The lowest BCUT2D eigenvalue weighted by Gasteiger charge is -2.10. The van der Waals surface area contributed by atoms with Crippen LogP contribution in [0.15, 0.2) is 18.2 Å². The van der Waals surface area contributed by atoms with Gasteiger partial charge in [0.25, 0.3) is 11.6 Å². The Morgan fingerprint density at radius 1 is 1.58 bits per heavy atom. The van der Waals surface area contributed by atoms with Gasteiger partial charge in [0.05, 0.1) is 11.0 Å². The molecule has 0 bridgehead atoms. The Morgan fingerprint density at radius 3 is 3.00 bits per heavy atom. The van der Waals surface area contributed by atoms with Crippen molar-refractivity contribution in [3.63, 3.8) is 0 Å². The van der Waals surface area contributed by atoms with Gasteiger partial charge in [-0.2, -0.15) is 0 Å². The SMILES string of the molecule is O=C(NC[C@H]1CCCO1)c1ccc(Cl)c([N+](=O)[O-])c1. The molecule has 0 radical (unpaired) electrons. The highest BCUT2D eigenvalue weighted by Crippen LogP contribution is 2.25. The molecular weight excluding hydrogens is 272 g/mol. The molecule has 1 saturated heterocycles. The summed E-state index contributed by atoms with van der Waals surface area (Å²) in [4.78, 5) is 22.0. The molecule has 0 aliphatic carbocycles. The fraction of sp³-hybridized carbons (Fsp3) is 0.417. The second-order valence-electron chi connectivity index (χ2n) is 4.27. The molecule has 1 N–H and O–H groups in total. The number of nitrogens with one attached hydrogen (secondary N) is 1. The summed E-state index contributed by atoms with van der Waals surface area (Å²) in [6.45, 7) is 1.13. The van der Waals surface area contributed by atoms with Crippen LogP contribution in [0.2, 0.25) is 5.02 Å². The van der Waals surface area contributed by atoms with Crippen LogP contribution >= 0.6 is 11.6 Å². The molecule has 1 atom stereocenters. The third kappa shape index (κ3) is 3.42. The number of ether oxygens (including phenoxy) is 1. The highest BCUT2D eigenvalue weighted by molar-refractivity contribution is 6.32. The van der Waals surface area contributed by atoms with E-state index in [1.807, 2.05) is 0 Å². The number of benzene rings is 1. The minimum Gasteiger partial charge on any atom is -0.376 e. The smallest absolute Gasteiger partial charge is 0.288 e. The number of carbonyl (C=O) groups is 1. The molecule has 1 aliphatic rings. The summed E-state index contributed by atoms with van der Waals surface area (Å²) >= 11 is 5.68. The van der Waals surface area contributed by atoms with E-state index >= 15 is 0 Å². The molecule has 1 aromatic rings. The molecule has 19 heavy (non-hydrogen) atoms. The Hall–Kier alpha value is -1.66. The number of carbonyl (C=O) groups excluding carboxylic acids is 1. The van der Waals surface area contributed by atoms with Crippen molar-refractivity contribution in [1.82, 2.24) is 5.32 Å². The first-order chi connectivity index (χ1) is 9.08. The van der Waals surface area contributed by atoms with Gasteiger partial charge >= 0.3 is 0 Å². The highest BCUT2D eigenvalue weighted by atomic mass is 35.5. The van der Waals surface area contributed by atoms with Crippen molar-refractivity contribution < 1.29 is 14.5 Å². The van der Waals surface area contributed by atoms with E-state index in [-0.39, 0.29) is 28.3 Å². The normalized spacial score (nSPS) is 18.3. The summed E-state index contributed by atoms with van der Waals surface area (Å²) in [6, 6.07) is 3.98. The van der Waals surface area contributed by atoms with Gasteiger partial charge in [0.1, 0.15) is 5.02 Å². The molecule has 1 amide bonds. The number of halogens is 1. The number of nitro groups is 1. The van der Waals surface area contributed by atoms with Crippen molar-refractivity contribution >= 4 is 23.2 Å². The van der Waals surface area contributed by atoms with Gasteiger partial charge < -0.3 is 10.1 Å². The predicted octanol–water partition coefficient (Wildman–Crippen LogP) is 2.16. The van der Waals surface area contributed by atoms with Gasteiger partial charge in [-0.15, -0.1) is 0 Å². The van der Waals surface area contributed by atoms with E-state index in [9.17, 15) is 14.9 Å². The van der Waals surface area contributed by atoms with E-state index in [4.69, 9.17) is 16.3 Å². The van der Waals surface area contributed by atoms with Crippen LogP contribution in [-0.4, -0.2) is 30.1 Å². The van der Waals surface area contributed by atoms with Crippen molar-refractivity contribution in [3.05, 3.63) is 38.9 Å². The summed E-state index contributed by atoms with van der Waals surface area (Å²) in [7, 11) is 0. The molecule has 0 spiro atoms. The molecule has 2 rings (SSSR count). The Labute approximate surface area is 114 Å². The number of nitrogens with zero attached hydrogens (tertiary/aromatic N) is 1. The summed E-state index contributed by atoms with van der Waals surface area (Å²) < 4.78 is 5.38. The first-order valence-corrected chi connectivity index (χ1v) is 6.29. The molecule has 6 nitrogen and oxygen atoms in total. The molecule has 0 aromatic heterocycles. The van der Waals surface area contributed by atoms with E-state index in [1.165, 1.54) is 18.2 Å². The number of hydrogen-bond acceptors (Lipinski definition) is 4. The zero-order valence-electron chi connectivity index (χ0n) is 10.1. The van der Waals surface area contributed by atoms with Crippen molar-refractivity contribution in [2.75, 3.05) is 13.2 Å². The molecule has 1 fully saturated rings. The Balaban J connectivity index is 2.02. The van der Waals surface area contributed by atoms with Gasteiger partial charge in [-0.25, -0.2) is 0 Å². The minimum absolute atomic E-state index is 0.0145. The summed E-state index contributed by atoms with van der Waals surface area (Å²) in [5.74, 6) is -0.365. The molecule has 1 heterocycles. The second-order valence-corrected chi connectivity index (χ2v) is 4.68. The van der Waals surface area contributed by atoms with Crippen LogP contribution in [0.4, 0.5) is 5.69 Å². The van der Waals surface area contributed by atoms with Crippen molar-refractivity contribution in [2.24, 2.45) is 0 Å². The molecular formula is C12H13ClN2O4. The van der Waals surface area contributed by atoms with E-state index in [0.29, 0.717) is 13.2 Å². The van der Waals surface area contributed by atoms with E-state index in [2.05, 4.69) is 5.32 Å². The van der Waals surface area contributed by atoms with Crippen LogP contribution < -0.4 is 5.32 Å². The van der Waals surface area contributed by atoms with Crippen molar-refractivity contribution in [2.45, 2.75) is 18.9 Å². The first-order valence-electron chi connectivity index (χ1n) is 5.91. The standard InChI is InChI=1S/C12H13ClN2O4/c13-10-4-3-8(6-11(10)15(17)18)12(16)14-7-9-2-1-5-19-9/h3-4,6,9H,1-2,5,7H2,(H,14,16)/t9-/m1/s1. The van der Waals surface area contributed by atoms with Crippen LogP contribution in [0.3, 0.4) is 0 Å². The lowest BCUT2D eigenvalue weighted by Crippen LogP contribution is -2.31. The van der Waals surface area contributed by atoms with Gasteiger partial charge in [-0.05, 0) is 25.0 Å². The number of rotatable bonds is 4. The lowest BCUT2D eigenvalue weighted by molar-refractivity contribution is -0.384.